The van der Waals surface area contributed by atoms with Crippen molar-refractivity contribution in [3.05, 3.63) is 71.7 Å². The van der Waals surface area contributed by atoms with Gasteiger partial charge in [-0.1, -0.05) is 42.5 Å². The zero-order valence-corrected chi connectivity index (χ0v) is 11.9. The minimum Gasteiger partial charge on any atom is -0.318 e. The molecule has 0 aliphatic carbocycles. The van der Waals surface area contributed by atoms with Crippen LogP contribution in [0.15, 0.2) is 54.6 Å². The van der Waals surface area contributed by atoms with Crippen LogP contribution >= 0.6 is 0 Å². The maximum atomic E-state index is 13.7. The number of aryl methyl sites for hydroxylation is 1. The van der Waals surface area contributed by atoms with Crippen molar-refractivity contribution >= 4 is 11.6 Å². The monoisotopic (exact) mass is 295 g/mol. The van der Waals surface area contributed by atoms with E-state index in [1.165, 1.54) is 12.1 Å². The quantitative estimate of drug-likeness (QED) is 0.772. The Kier molecular flexibility index (Phi) is 3.70. The first-order valence-electron chi connectivity index (χ1n) is 6.83. The van der Waals surface area contributed by atoms with Crippen LogP contribution in [0.3, 0.4) is 0 Å². The highest BCUT2D eigenvalue weighted by atomic mass is 19.1. The number of H-pyrrole nitrogens is 1. The van der Waals surface area contributed by atoms with Crippen LogP contribution in [0.5, 0.6) is 0 Å². The lowest BCUT2D eigenvalue weighted by Crippen LogP contribution is -2.14. The molecule has 0 fully saturated rings. The summed E-state index contributed by atoms with van der Waals surface area (Å²) in [5, 5.41) is 9.81. The van der Waals surface area contributed by atoms with Crippen molar-refractivity contribution in [1.82, 2.24) is 10.2 Å². The molecule has 4 nitrogen and oxygen atoms in total. The van der Waals surface area contributed by atoms with Gasteiger partial charge in [-0.15, -0.1) is 0 Å². The average Bonchev–Trinajstić information content (AvgIpc) is 2.89. The summed E-state index contributed by atoms with van der Waals surface area (Å²) in [5.74, 6) is -1.05. The molecule has 0 saturated carbocycles. The van der Waals surface area contributed by atoms with Crippen molar-refractivity contribution in [1.29, 1.82) is 0 Å². The highest BCUT2D eigenvalue weighted by Crippen LogP contribution is 2.28. The second-order valence-electron chi connectivity index (χ2n) is 4.87. The van der Waals surface area contributed by atoms with Crippen LogP contribution in [-0.2, 0) is 0 Å². The Labute approximate surface area is 127 Å². The summed E-state index contributed by atoms with van der Waals surface area (Å²) in [5.41, 5.74) is 2.77. The van der Waals surface area contributed by atoms with Gasteiger partial charge >= 0.3 is 0 Å². The molecular weight excluding hydrogens is 281 g/mol. The molecule has 1 aromatic heterocycles. The average molecular weight is 295 g/mol. The Morgan fingerprint density at radius 3 is 2.50 bits per heavy atom. The van der Waals surface area contributed by atoms with Gasteiger partial charge in [0.05, 0.1) is 16.9 Å². The predicted octanol–water partition coefficient (Wildman–Crippen LogP) is 3.78. The zero-order chi connectivity index (χ0) is 15.5. The van der Waals surface area contributed by atoms with E-state index in [0.717, 1.165) is 5.56 Å². The number of carbonyl (C=O) groups excluding carboxylic acids is 1. The molecule has 1 amide bonds. The first-order chi connectivity index (χ1) is 10.7. The van der Waals surface area contributed by atoms with Gasteiger partial charge in [-0.25, -0.2) is 4.39 Å². The standard InChI is InChI=1S/C17H14FN3O/c1-11-15(16(21-20-11)12-7-3-2-4-8-12)19-17(22)13-9-5-6-10-14(13)18/h2-10H,1H3,(H,19,22)(H,20,21). The molecule has 0 radical (unpaired) electrons. The second-order valence-corrected chi connectivity index (χ2v) is 4.87. The van der Waals surface area contributed by atoms with Gasteiger partial charge in [0.15, 0.2) is 0 Å². The molecule has 5 heteroatoms. The van der Waals surface area contributed by atoms with E-state index < -0.39 is 11.7 Å². The van der Waals surface area contributed by atoms with E-state index in [2.05, 4.69) is 15.5 Å². The molecule has 2 aromatic carbocycles. The number of rotatable bonds is 3. The van der Waals surface area contributed by atoms with E-state index in [1.807, 2.05) is 30.3 Å². The van der Waals surface area contributed by atoms with Gasteiger partial charge in [-0.2, -0.15) is 5.10 Å². The summed E-state index contributed by atoms with van der Waals surface area (Å²) < 4.78 is 13.7. The number of hydrogen-bond acceptors (Lipinski definition) is 2. The highest BCUT2D eigenvalue weighted by molar-refractivity contribution is 6.06. The number of amides is 1. The number of aromatic nitrogens is 2. The van der Waals surface area contributed by atoms with E-state index >= 15 is 0 Å². The van der Waals surface area contributed by atoms with E-state index in [4.69, 9.17) is 0 Å². The van der Waals surface area contributed by atoms with Crippen molar-refractivity contribution in [2.24, 2.45) is 0 Å². The summed E-state index contributed by atoms with van der Waals surface area (Å²) in [6.45, 7) is 1.80. The molecule has 0 bridgehead atoms. The molecule has 1 heterocycles. The van der Waals surface area contributed by atoms with Crippen LogP contribution < -0.4 is 5.32 Å². The van der Waals surface area contributed by atoms with E-state index in [9.17, 15) is 9.18 Å². The molecule has 0 atom stereocenters. The largest absolute Gasteiger partial charge is 0.318 e. The molecule has 0 saturated heterocycles. The fraction of sp³-hybridized carbons (Fsp3) is 0.0588. The third-order valence-electron chi connectivity index (χ3n) is 3.35. The van der Waals surface area contributed by atoms with Crippen molar-refractivity contribution in [3.8, 4) is 11.3 Å². The van der Waals surface area contributed by atoms with Crippen LogP contribution in [-0.4, -0.2) is 16.1 Å². The SMILES string of the molecule is Cc1[nH]nc(-c2ccccc2)c1NC(=O)c1ccccc1F. The molecule has 2 N–H and O–H groups in total. The molecule has 110 valence electrons. The summed E-state index contributed by atoms with van der Waals surface area (Å²) in [4.78, 5) is 12.3. The minimum atomic E-state index is -0.553. The molecule has 0 aliphatic heterocycles. The van der Waals surface area contributed by atoms with Gasteiger partial charge in [0.1, 0.15) is 11.5 Å². The Morgan fingerprint density at radius 1 is 1.09 bits per heavy atom. The van der Waals surface area contributed by atoms with Crippen LogP contribution in [0, 0.1) is 12.7 Å². The smallest absolute Gasteiger partial charge is 0.258 e. The van der Waals surface area contributed by atoms with Crippen molar-refractivity contribution < 1.29 is 9.18 Å². The topological polar surface area (TPSA) is 57.8 Å². The molecule has 0 aliphatic rings. The zero-order valence-electron chi connectivity index (χ0n) is 11.9. The summed E-state index contributed by atoms with van der Waals surface area (Å²) in [6, 6.07) is 15.4. The number of halogens is 1. The van der Waals surface area contributed by atoms with Gasteiger partial charge in [0.25, 0.3) is 5.91 Å². The molecule has 0 unspecified atom stereocenters. The van der Waals surface area contributed by atoms with Crippen LogP contribution in [0.25, 0.3) is 11.3 Å². The Hall–Kier alpha value is -2.95. The van der Waals surface area contributed by atoms with Crippen molar-refractivity contribution in [3.63, 3.8) is 0 Å². The van der Waals surface area contributed by atoms with Gasteiger partial charge in [-0.05, 0) is 19.1 Å². The normalized spacial score (nSPS) is 10.5. The van der Waals surface area contributed by atoms with E-state index in [0.29, 0.717) is 17.1 Å². The lowest BCUT2D eigenvalue weighted by molar-refractivity contribution is 0.102. The van der Waals surface area contributed by atoms with Crippen LogP contribution in [0.2, 0.25) is 0 Å². The third-order valence-corrected chi connectivity index (χ3v) is 3.35. The van der Waals surface area contributed by atoms with E-state index in [-0.39, 0.29) is 5.56 Å². The summed E-state index contributed by atoms with van der Waals surface area (Å²) >= 11 is 0. The molecule has 3 rings (SSSR count). The first kappa shape index (κ1) is 14.0. The van der Waals surface area contributed by atoms with Gasteiger partial charge in [0.2, 0.25) is 0 Å². The number of aromatic amines is 1. The maximum Gasteiger partial charge on any atom is 0.258 e. The van der Waals surface area contributed by atoms with Crippen molar-refractivity contribution in [2.45, 2.75) is 6.92 Å². The first-order valence-corrected chi connectivity index (χ1v) is 6.83. The lowest BCUT2D eigenvalue weighted by Gasteiger charge is -2.07. The van der Waals surface area contributed by atoms with E-state index in [1.54, 1.807) is 19.1 Å². The fourth-order valence-electron chi connectivity index (χ4n) is 2.21. The molecule has 3 aromatic rings. The Morgan fingerprint density at radius 2 is 1.77 bits per heavy atom. The Balaban J connectivity index is 1.95. The predicted molar refractivity (Wildman–Crippen MR) is 83.1 cm³/mol. The van der Waals surface area contributed by atoms with Gasteiger partial charge in [-0.3, -0.25) is 9.89 Å². The second kappa shape index (κ2) is 5.81. The fourth-order valence-corrected chi connectivity index (χ4v) is 2.21. The molecule has 0 spiro atoms. The minimum absolute atomic E-state index is 0.00196. The molecular formula is C17H14FN3O. The van der Waals surface area contributed by atoms with Gasteiger partial charge < -0.3 is 5.32 Å². The number of benzene rings is 2. The van der Waals surface area contributed by atoms with Crippen LogP contribution in [0.4, 0.5) is 10.1 Å². The molecule has 22 heavy (non-hydrogen) atoms. The maximum absolute atomic E-state index is 13.7. The number of nitrogens with zero attached hydrogens (tertiary/aromatic N) is 1. The lowest BCUT2D eigenvalue weighted by atomic mass is 10.1. The summed E-state index contributed by atoms with van der Waals surface area (Å²) in [6.07, 6.45) is 0. The van der Waals surface area contributed by atoms with Crippen LogP contribution in [0.1, 0.15) is 16.1 Å². The van der Waals surface area contributed by atoms with Gasteiger partial charge in [0, 0.05) is 5.56 Å². The number of carbonyl (C=O) groups is 1. The Bertz CT molecular complexity index is 812. The number of hydrogen-bond donors (Lipinski definition) is 2. The van der Waals surface area contributed by atoms with Crippen molar-refractivity contribution in [2.75, 3.05) is 5.32 Å². The summed E-state index contributed by atoms with van der Waals surface area (Å²) in [7, 11) is 0. The third kappa shape index (κ3) is 2.61. The highest BCUT2D eigenvalue weighted by Gasteiger charge is 2.17. The number of nitrogens with one attached hydrogen (secondary N) is 2. The number of anilines is 1.